The van der Waals surface area contributed by atoms with E-state index in [1.807, 2.05) is 12.1 Å². The smallest absolute Gasteiger partial charge is 0.0831 e. The summed E-state index contributed by atoms with van der Waals surface area (Å²) in [5.41, 5.74) is 8.43. The molecule has 5 heteroatoms. The van der Waals surface area contributed by atoms with Gasteiger partial charge in [-0.3, -0.25) is 0 Å². The van der Waals surface area contributed by atoms with Crippen LogP contribution in [-0.4, -0.2) is 17.0 Å². The Bertz CT molecular complexity index is 1250. The first-order chi connectivity index (χ1) is 13.0. The van der Waals surface area contributed by atoms with Crippen LogP contribution in [0.3, 0.4) is 0 Å². The molecule has 0 saturated heterocycles. The molecule has 2 aromatic heterocycles. The lowest BCUT2D eigenvalue weighted by Crippen LogP contribution is -2.37. The van der Waals surface area contributed by atoms with Crippen molar-refractivity contribution in [2.24, 2.45) is 0 Å². The summed E-state index contributed by atoms with van der Waals surface area (Å²) in [4.78, 5) is 9.43. The van der Waals surface area contributed by atoms with Crippen LogP contribution in [0.4, 0.5) is 5.69 Å². The molecule has 0 radical (unpaired) electrons. The molecule has 0 saturated carbocycles. The molecule has 4 aromatic rings. The van der Waals surface area contributed by atoms with Gasteiger partial charge in [0.05, 0.1) is 6.04 Å². The normalized spacial score (nSPS) is 22.5. The molecule has 1 aliphatic carbocycles. The Labute approximate surface area is 166 Å². The molecule has 1 aliphatic heterocycles. The zero-order valence-corrected chi connectivity index (χ0v) is 16.4. The average molecular weight is 394 g/mol. The van der Waals surface area contributed by atoms with Crippen molar-refractivity contribution in [2.75, 3.05) is 11.9 Å². The van der Waals surface area contributed by atoms with Crippen LogP contribution in [0.25, 0.3) is 22.0 Å². The zero-order valence-electron chi connectivity index (χ0n) is 14.9. The number of hydrogen-bond acceptors (Lipinski definition) is 1. The third-order valence-corrected chi connectivity index (χ3v) is 6.94. The van der Waals surface area contributed by atoms with Gasteiger partial charge in [-0.15, -0.1) is 0 Å². The molecule has 2 N–H and O–H groups in total. The number of halogens is 2. The van der Waals surface area contributed by atoms with Gasteiger partial charge in [-0.1, -0.05) is 23.2 Å². The Morgan fingerprint density at radius 3 is 2.63 bits per heavy atom. The van der Waals surface area contributed by atoms with Crippen LogP contribution < -0.4 is 4.90 Å². The van der Waals surface area contributed by atoms with Gasteiger partial charge in [-0.2, -0.15) is 0 Å². The van der Waals surface area contributed by atoms with Crippen molar-refractivity contribution >= 4 is 39.8 Å². The number of nitrogens with zero attached hydrogens (tertiary/aromatic N) is 1. The molecular formula is C22H17Cl2N3. The summed E-state index contributed by atoms with van der Waals surface area (Å²) in [7, 11) is 2.17. The van der Waals surface area contributed by atoms with Gasteiger partial charge in [0.1, 0.15) is 0 Å². The summed E-state index contributed by atoms with van der Waals surface area (Å²) in [6.45, 7) is 2.32. The van der Waals surface area contributed by atoms with Gasteiger partial charge in [0.15, 0.2) is 0 Å². The summed E-state index contributed by atoms with van der Waals surface area (Å²) >= 11 is 12.7. The van der Waals surface area contributed by atoms with Crippen LogP contribution in [0.5, 0.6) is 0 Å². The lowest BCUT2D eigenvalue weighted by molar-refractivity contribution is 0.464. The quantitative estimate of drug-likeness (QED) is 0.362. The number of likely N-dealkylation sites (N-methyl/N-ethyl adjacent to an activating group) is 1. The highest BCUT2D eigenvalue weighted by Gasteiger charge is 2.54. The third kappa shape index (κ3) is 1.75. The van der Waals surface area contributed by atoms with Crippen molar-refractivity contribution in [3.8, 4) is 11.1 Å². The maximum absolute atomic E-state index is 6.40. The SMILES string of the molecule is CN1c2ccc(Cl)cc2[C@]2(C)c3c[nH]cc3-c3c([nH]c4ccc(Cl)cc34)[C@H]12. The molecule has 0 fully saturated rings. The number of hydrogen-bond donors (Lipinski definition) is 2. The fourth-order valence-corrected chi connectivity index (χ4v) is 5.70. The Morgan fingerprint density at radius 1 is 1.00 bits per heavy atom. The maximum Gasteiger partial charge on any atom is 0.0831 e. The molecule has 0 spiro atoms. The predicted octanol–water partition coefficient (Wildman–Crippen LogP) is 6.28. The number of fused-ring (bicyclic) bond motifs is 10. The van der Waals surface area contributed by atoms with Gasteiger partial charge in [0.2, 0.25) is 0 Å². The first-order valence-electron chi connectivity index (χ1n) is 9.02. The number of H-pyrrole nitrogens is 2. The lowest BCUT2D eigenvalue weighted by atomic mass is 9.66. The fourth-order valence-electron chi connectivity index (χ4n) is 5.36. The molecule has 0 amide bonds. The largest absolute Gasteiger partial charge is 0.367 e. The van der Waals surface area contributed by atoms with Crippen molar-refractivity contribution < 1.29 is 0 Å². The van der Waals surface area contributed by atoms with E-state index in [1.165, 1.54) is 39.0 Å². The van der Waals surface area contributed by atoms with E-state index in [0.717, 1.165) is 15.6 Å². The first-order valence-corrected chi connectivity index (χ1v) is 9.77. The highest BCUT2D eigenvalue weighted by molar-refractivity contribution is 6.31. The van der Waals surface area contributed by atoms with E-state index in [9.17, 15) is 0 Å². The summed E-state index contributed by atoms with van der Waals surface area (Å²) in [5, 5.41) is 2.70. The highest BCUT2D eigenvalue weighted by atomic mass is 35.5. The Kier molecular flexibility index (Phi) is 2.85. The van der Waals surface area contributed by atoms with E-state index in [0.29, 0.717) is 0 Å². The Morgan fingerprint density at radius 2 is 1.78 bits per heavy atom. The molecule has 2 atom stereocenters. The van der Waals surface area contributed by atoms with Crippen molar-refractivity contribution in [3.63, 3.8) is 0 Å². The molecule has 27 heavy (non-hydrogen) atoms. The van der Waals surface area contributed by atoms with Gasteiger partial charge in [0.25, 0.3) is 0 Å². The molecule has 2 aliphatic rings. The number of aromatic amines is 2. The van der Waals surface area contributed by atoms with E-state index in [4.69, 9.17) is 23.2 Å². The predicted molar refractivity (Wildman–Crippen MR) is 112 cm³/mol. The molecule has 134 valence electrons. The number of aromatic nitrogens is 2. The van der Waals surface area contributed by atoms with E-state index < -0.39 is 0 Å². The zero-order chi connectivity index (χ0) is 18.5. The molecule has 0 unspecified atom stereocenters. The van der Waals surface area contributed by atoms with Crippen LogP contribution in [0, 0.1) is 0 Å². The standard InChI is InChI=1S/C22H17Cl2N3/c1-22-15-8-12(24)4-6-18(15)27(2)21(22)20-19(14-9-25-10-16(14)22)13-7-11(23)3-5-17(13)26-20/h3-10,21,25-26H,1-2H3/t21-,22+/m0/s1. The topological polar surface area (TPSA) is 34.8 Å². The van der Waals surface area contributed by atoms with Crippen LogP contribution >= 0.6 is 23.2 Å². The van der Waals surface area contributed by atoms with E-state index in [-0.39, 0.29) is 11.5 Å². The van der Waals surface area contributed by atoms with Crippen LogP contribution in [0.15, 0.2) is 48.8 Å². The van der Waals surface area contributed by atoms with E-state index in [2.05, 4.69) is 65.5 Å². The Hall–Kier alpha value is -2.36. The fraction of sp³-hybridized carbons (Fsp3) is 0.182. The lowest BCUT2D eigenvalue weighted by Gasteiger charge is -2.39. The van der Waals surface area contributed by atoms with E-state index in [1.54, 1.807) is 0 Å². The molecule has 3 nitrogen and oxygen atoms in total. The maximum atomic E-state index is 6.40. The minimum atomic E-state index is -0.192. The van der Waals surface area contributed by atoms with Crippen molar-refractivity contribution in [1.82, 2.24) is 9.97 Å². The number of benzene rings is 2. The van der Waals surface area contributed by atoms with Gasteiger partial charge in [0, 0.05) is 68.3 Å². The molecule has 3 heterocycles. The van der Waals surface area contributed by atoms with Crippen LogP contribution in [0.2, 0.25) is 10.0 Å². The second kappa shape index (κ2) is 4.92. The van der Waals surface area contributed by atoms with Gasteiger partial charge >= 0.3 is 0 Å². The number of rotatable bonds is 0. The average Bonchev–Trinajstić information content (AvgIpc) is 3.30. The van der Waals surface area contributed by atoms with E-state index >= 15 is 0 Å². The highest BCUT2D eigenvalue weighted by Crippen LogP contribution is 2.62. The Balaban J connectivity index is 1.76. The van der Waals surface area contributed by atoms with Gasteiger partial charge in [-0.25, -0.2) is 0 Å². The first kappa shape index (κ1) is 15.7. The van der Waals surface area contributed by atoms with Gasteiger partial charge < -0.3 is 14.9 Å². The third-order valence-electron chi connectivity index (χ3n) is 6.47. The number of nitrogens with one attached hydrogen (secondary N) is 2. The van der Waals surface area contributed by atoms with Crippen molar-refractivity contribution in [3.05, 3.63) is 75.7 Å². The summed E-state index contributed by atoms with van der Waals surface area (Å²) < 4.78 is 0. The van der Waals surface area contributed by atoms with Crippen LogP contribution in [0.1, 0.15) is 29.8 Å². The minimum Gasteiger partial charge on any atom is -0.367 e. The summed E-state index contributed by atoms with van der Waals surface area (Å²) in [5.74, 6) is 0. The number of anilines is 1. The molecule has 2 aromatic carbocycles. The van der Waals surface area contributed by atoms with Crippen LogP contribution in [-0.2, 0) is 5.41 Å². The second-order valence-electron chi connectivity index (χ2n) is 7.76. The molecular weight excluding hydrogens is 377 g/mol. The second-order valence-corrected chi connectivity index (χ2v) is 8.64. The van der Waals surface area contributed by atoms with Crippen molar-refractivity contribution in [1.29, 1.82) is 0 Å². The summed E-state index contributed by atoms with van der Waals surface area (Å²) in [6, 6.07) is 12.5. The minimum absolute atomic E-state index is 0.162. The molecule has 6 rings (SSSR count). The van der Waals surface area contributed by atoms with Gasteiger partial charge in [-0.05, 0) is 54.4 Å². The monoisotopic (exact) mass is 393 g/mol. The molecule has 0 bridgehead atoms. The van der Waals surface area contributed by atoms with Crippen molar-refractivity contribution in [2.45, 2.75) is 18.4 Å². The summed E-state index contributed by atoms with van der Waals surface area (Å²) in [6.07, 6.45) is 4.24.